The normalized spacial score (nSPS) is 11.6. The van der Waals surface area contributed by atoms with E-state index in [4.69, 9.17) is 4.55 Å². The fourth-order valence-corrected chi connectivity index (χ4v) is 4.51. The van der Waals surface area contributed by atoms with Crippen LogP contribution in [-0.4, -0.2) is 39.2 Å². The van der Waals surface area contributed by atoms with Gasteiger partial charge in [0.25, 0.3) is 0 Å². The summed E-state index contributed by atoms with van der Waals surface area (Å²) in [5, 5.41) is 0. The van der Waals surface area contributed by atoms with Gasteiger partial charge in [-0.15, -0.1) is 0 Å². The van der Waals surface area contributed by atoms with E-state index in [1.165, 1.54) is 103 Å². The Morgan fingerprint density at radius 1 is 0.486 bits per heavy atom. The Balaban J connectivity index is -0.000000612. The second-order valence-electron chi connectivity index (χ2n) is 9.55. The summed E-state index contributed by atoms with van der Waals surface area (Å²) < 4.78 is 67.6. The molecule has 0 aliphatic carbocycles. The molecule has 0 spiro atoms. The molecule has 0 atom stereocenters. The minimum absolute atomic E-state index is 0. The molecule has 0 aliphatic rings. The SMILES string of the molecule is CCCCCCCCCCCCCCOS(=O)(=O)[O-].CCCCCCCCCCCCOS(=O)(=O)O.[Na+]. The molecule has 8 nitrogen and oxygen atoms in total. The van der Waals surface area contributed by atoms with Gasteiger partial charge in [0.05, 0.1) is 13.2 Å². The van der Waals surface area contributed by atoms with Crippen LogP contribution in [0.15, 0.2) is 0 Å². The molecular weight excluding hydrogens is 527 g/mol. The zero-order valence-electron chi connectivity index (χ0n) is 24.1. The first-order valence-corrected chi connectivity index (χ1v) is 17.0. The zero-order chi connectivity index (χ0) is 27.4. The third-order valence-electron chi connectivity index (χ3n) is 5.96. The van der Waals surface area contributed by atoms with Crippen molar-refractivity contribution in [1.29, 1.82) is 0 Å². The first-order chi connectivity index (χ1) is 17.1. The molecule has 0 bridgehead atoms. The van der Waals surface area contributed by atoms with Gasteiger partial charge in [-0.05, 0) is 12.8 Å². The monoisotopic (exact) mass is 582 g/mol. The van der Waals surface area contributed by atoms with Crippen LogP contribution >= 0.6 is 0 Å². The number of rotatable bonds is 26. The fourth-order valence-electron chi connectivity index (χ4n) is 3.86. The second-order valence-corrected chi connectivity index (χ2v) is 11.7. The van der Waals surface area contributed by atoms with Gasteiger partial charge in [-0.1, -0.05) is 142 Å². The van der Waals surface area contributed by atoms with Crippen molar-refractivity contribution in [3.05, 3.63) is 0 Å². The summed E-state index contributed by atoms with van der Waals surface area (Å²) in [6.07, 6.45) is 26.4. The number of unbranched alkanes of at least 4 members (excludes halogenated alkanes) is 20. The molecule has 0 aromatic carbocycles. The van der Waals surface area contributed by atoms with Crippen molar-refractivity contribution in [2.45, 2.75) is 155 Å². The van der Waals surface area contributed by atoms with Crippen LogP contribution < -0.4 is 29.6 Å². The molecule has 0 unspecified atom stereocenters. The Morgan fingerprint density at radius 3 is 0.973 bits per heavy atom. The molecular formula is C26H55NaO8S2. The van der Waals surface area contributed by atoms with Crippen LogP contribution in [0.25, 0.3) is 0 Å². The predicted molar refractivity (Wildman–Crippen MR) is 146 cm³/mol. The van der Waals surface area contributed by atoms with Crippen LogP contribution in [0.5, 0.6) is 0 Å². The largest absolute Gasteiger partial charge is 1.00 e. The molecule has 37 heavy (non-hydrogen) atoms. The molecule has 0 amide bonds. The fraction of sp³-hybridized carbons (Fsp3) is 1.00. The number of hydrogen-bond acceptors (Lipinski definition) is 7. The van der Waals surface area contributed by atoms with E-state index in [2.05, 4.69) is 22.2 Å². The minimum Gasteiger partial charge on any atom is -0.726 e. The van der Waals surface area contributed by atoms with Crippen molar-refractivity contribution in [2.75, 3.05) is 13.2 Å². The molecule has 0 saturated heterocycles. The summed E-state index contributed by atoms with van der Waals surface area (Å²) in [7, 11) is -8.72. The molecule has 0 rings (SSSR count). The quantitative estimate of drug-likeness (QED) is 0.0660. The van der Waals surface area contributed by atoms with Gasteiger partial charge in [0.1, 0.15) is 0 Å². The van der Waals surface area contributed by atoms with Crippen LogP contribution in [-0.2, 0) is 29.2 Å². The van der Waals surface area contributed by atoms with Crippen LogP contribution in [0.3, 0.4) is 0 Å². The number of hydrogen-bond donors (Lipinski definition) is 1. The van der Waals surface area contributed by atoms with E-state index in [-0.39, 0.29) is 42.8 Å². The Hall–Kier alpha value is 0.740. The van der Waals surface area contributed by atoms with Crippen molar-refractivity contribution in [2.24, 2.45) is 0 Å². The molecule has 0 heterocycles. The van der Waals surface area contributed by atoms with Gasteiger partial charge in [0.15, 0.2) is 0 Å². The molecule has 1 N–H and O–H groups in total. The smallest absolute Gasteiger partial charge is 0.726 e. The average molecular weight is 583 g/mol. The summed E-state index contributed by atoms with van der Waals surface area (Å²) in [6, 6.07) is 0. The van der Waals surface area contributed by atoms with Crippen molar-refractivity contribution in [3.63, 3.8) is 0 Å². The maximum atomic E-state index is 10.2. The third kappa shape index (κ3) is 46.9. The van der Waals surface area contributed by atoms with Gasteiger partial charge in [0, 0.05) is 0 Å². The predicted octanol–water partition coefficient (Wildman–Crippen LogP) is 4.90. The van der Waals surface area contributed by atoms with Gasteiger partial charge >= 0.3 is 40.0 Å². The van der Waals surface area contributed by atoms with E-state index in [1.54, 1.807) is 0 Å². The summed E-state index contributed by atoms with van der Waals surface area (Å²) in [5.41, 5.74) is 0. The summed E-state index contributed by atoms with van der Waals surface area (Å²) >= 11 is 0. The zero-order valence-corrected chi connectivity index (χ0v) is 27.7. The summed E-state index contributed by atoms with van der Waals surface area (Å²) in [6.45, 7) is 4.57. The second kappa shape index (κ2) is 31.3. The van der Waals surface area contributed by atoms with E-state index < -0.39 is 20.8 Å². The van der Waals surface area contributed by atoms with E-state index in [9.17, 15) is 21.4 Å². The Labute approximate surface area is 251 Å². The Bertz CT molecular complexity index is 643. The third-order valence-corrected chi connectivity index (χ3v) is 6.88. The maximum absolute atomic E-state index is 10.2. The molecule has 220 valence electrons. The van der Waals surface area contributed by atoms with Gasteiger partial charge in [-0.25, -0.2) is 12.6 Å². The minimum atomic E-state index is -4.49. The molecule has 0 aliphatic heterocycles. The average Bonchev–Trinajstić information content (AvgIpc) is 2.79. The van der Waals surface area contributed by atoms with Crippen molar-refractivity contribution < 1.29 is 63.9 Å². The Morgan fingerprint density at radius 2 is 0.730 bits per heavy atom. The van der Waals surface area contributed by atoms with E-state index in [0.29, 0.717) is 12.8 Å². The van der Waals surface area contributed by atoms with Crippen molar-refractivity contribution >= 4 is 20.8 Å². The van der Waals surface area contributed by atoms with Gasteiger partial charge in [0.2, 0.25) is 10.4 Å². The van der Waals surface area contributed by atoms with Crippen molar-refractivity contribution in [1.82, 2.24) is 0 Å². The standard InChI is InChI=1S/C14H30O4S.C12H26O4S.Na/c1-2-3-4-5-6-7-8-9-10-11-12-13-14-18-19(15,16)17;1-2-3-4-5-6-7-8-9-10-11-12-16-17(13,14)15;/h2-14H2,1H3,(H,15,16,17);2-12H2,1H3,(H,13,14,15);/q;;+1/p-1. The van der Waals surface area contributed by atoms with E-state index in [0.717, 1.165) is 25.7 Å². The molecule has 0 radical (unpaired) electrons. The van der Waals surface area contributed by atoms with Crippen molar-refractivity contribution in [3.8, 4) is 0 Å². The topological polar surface area (TPSA) is 130 Å². The van der Waals surface area contributed by atoms with E-state index in [1.807, 2.05) is 0 Å². The molecule has 0 aromatic heterocycles. The Kier molecular flexibility index (Phi) is 35.7. The van der Waals surface area contributed by atoms with Gasteiger partial charge < -0.3 is 4.55 Å². The van der Waals surface area contributed by atoms with Gasteiger partial charge in [-0.3, -0.25) is 8.74 Å². The molecule has 11 heteroatoms. The maximum Gasteiger partial charge on any atom is 1.00 e. The van der Waals surface area contributed by atoms with Crippen LogP contribution in [0.4, 0.5) is 0 Å². The molecule has 0 saturated carbocycles. The first kappa shape index (κ1) is 42.2. The molecule has 0 aromatic rings. The summed E-state index contributed by atoms with van der Waals surface area (Å²) in [4.78, 5) is 0. The van der Waals surface area contributed by atoms with E-state index >= 15 is 0 Å². The van der Waals surface area contributed by atoms with Gasteiger partial charge in [-0.2, -0.15) is 8.42 Å². The first-order valence-electron chi connectivity index (χ1n) is 14.3. The van der Waals surface area contributed by atoms with Crippen LogP contribution in [0.2, 0.25) is 0 Å². The summed E-state index contributed by atoms with van der Waals surface area (Å²) in [5.74, 6) is 0. The van der Waals surface area contributed by atoms with Crippen LogP contribution in [0, 0.1) is 0 Å². The molecule has 0 fully saturated rings. The van der Waals surface area contributed by atoms with Crippen LogP contribution in [0.1, 0.15) is 155 Å².